The molecule has 4 rings (SSSR count). The van der Waals surface area contributed by atoms with E-state index in [2.05, 4.69) is 21.8 Å². The van der Waals surface area contributed by atoms with Crippen LogP contribution in [-0.2, 0) is 6.54 Å². The quantitative estimate of drug-likeness (QED) is 0.708. The second-order valence-corrected chi connectivity index (χ2v) is 7.99. The van der Waals surface area contributed by atoms with Gasteiger partial charge in [0.25, 0.3) is 5.56 Å². The number of aryl methyl sites for hydroxylation is 1. The van der Waals surface area contributed by atoms with E-state index < -0.39 is 0 Å². The van der Waals surface area contributed by atoms with Crippen LogP contribution < -0.4 is 5.56 Å². The summed E-state index contributed by atoms with van der Waals surface area (Å²) in [5.74, 6) is 0.0505. The van der Waals surface area contributed by atoms with E-state index in [9.17, 15) is 9.90 Å². The molecule has 0 saturated carbocycles. The minimum absolute atomic E-state index is 0.0505. The van der Waals surface area contributed by atoms with Crippen molar-refractivity contribution in [3.8, 4) is 5.75 Å². The van der Waals surface area contributed by atoms with Crippen LogP contribution in [0.5, 0.6) is 5.75 Å². The molecule has 1 N–H and O–H groups in total. The van der Waals surface area contributed by atoms with Gasteiger partial charge in [0.1, 0.15) is 5.75 Å². The highest BCUT2D eigenvalue weighted by molar-refractivity contribution is 5.40. The third-order valence-electron chi connectivity index (χ3n) is 5.88. The predicted octanol–water partition coefficient (Wildman–Crippen LogP) is 2.64. The highest BCUT2D eigenvalue weighted by Gasteiger charge is 2.31. The lowest BCUT2D eigenvalue weighted by atomic mass is 9.97. The molecule has 156 valence electrons. The van der Waals surface area contributed by atoms with Crippen molar-refractivity contribution >= 4 is 0 Å². The fourth-order valence-electron chi connectivity index (χ4n) is 4.17. The lowest BCUT2D eigenvalue weighted by Crippen LogP contribution is -2.47. The monoisotopic (exact) mass is 404 g/mol. The average molecular weight is 405 g/mol. The third-order valence-corrected chi connectivity index (χ3v) is 5.88. The van der Waals surface area contributed by atoms with Crippen LogP contribution in [0.15, 0.2) is 65.7 Å². The Kier molecular flexibility index (Phi) is 5.97. The third kappa shape index (κ3) is 4.15. The van der Waals surface area contributed by atoms with E-state index in [4.69, 9.17) is 0 Å². The number of hydrogen-bond acceptors (Lipinski definition) is 5. The Labute approximate surface area is 177 Å². The van der Waals surface area contributed by atoms with Crippen LogP contribution in [0.2, 0.25) is 0 Å². The molecule has 30 heavy (non-hydrogen) atoms. The lowest BCUT2D eigenvalue weighted by molar-refractivity contribution is 0.125. The van der Waals surface area contributed by atoms with Gasteiger partial charge in [-0.05, 0) is 37.2 Å². The predicted molar refractivity (Wildman–Crippen MR) is 118 cm³/mol. The molecule has 3 aromatic rings. The summed E-state index contributed by atoms with van der Waals surface area (Å²) in [7, 11) is 2.10. The molecule has 2 aromatic heterocycles. The van der Waals surface area contributed by atoms with E-state index in [0.717, 1.165) is 43.0 Å². The number of hydrogen-bond donors (Lipinski definition) is 1. The molecular formula is C24H28N4O2. The van der Waals surface area contributed by atoms with Gasteiger partial charge >= 0.3 is 0 Å². The first kappa shape index (κ1) is 20.3. The van der Waals surface area contributed by atoms with E-state index in [0.29, 0.717) is 12.1 Å². The van der Waals surface area contributed by atoms with Gasteiger partial charge in [0.05, 0.1) is 18.2 Å². The van der Waals surface area contributed by atoms with Gasteiger partial charge in [-0.3, -0.25) is 14.7 Å². The van der Waals surface area contributed by atoms with E-state index in [1.54, 1.807) is 23.0 Å². The molecular weight excluding hydrogens is 376 g/mol. The molecule has 1 fully saturated rings. The van der Waals surface area contributed by atoms with Crippen molar-refractivity contribution in [3.05, 3.63) is 93.7 Å². The highest BCUT2D eigenvalue weighted by atomic mass is 16.3. The second-order valence-electron chi connectivity index (χ2n) is 7.99. The van der Waals surface area contributed by atoms with Crippen molar-refractivity contribution in [3.63, 3.8) is 0 Å². The van der Waals surface area contributed by atoms with E-state index >= 15 is 0 Å². The van der Waals surface area contributed by atoms with Crippen molar-refractivity contribution < 1.29 is 5.11 Å². The zero-order chi connectivity index (χ0) is 21.1. The summed E-state index contributed by atoms with van der Waals surface area (Å²) in [6.07, 6.45) is 3.52. The number of likely N-dealkylation sites (N-methyl/N-ethyl adjacent to an activating group) is 1. The minimum Gasteiger partial charge on any atom is -0.507 e. The molecule has 0 aliphatic carbocycles. The van der Waals surface area contributed by atoms with Gasteiger partial charge in [-0.25, -0.2) is 0 Å². The summed E-state index contributed by atoms with van der Waals surface area (Å²) in [4.78, 5) is 22.5. The Morgan fingerprint density at radius 3 is 2.47 bits per heavy atom. The van der Waals surface area contributed by atoms with E-state index in [1.807, 2.05) is 49.4 Å². The molecule has 1 aliphatic rings. The standard InChI is InChI=1S/C24H28N4O2/c1-18-15-21(29)22(24(30)28(18)17-19-7-4-3-5-8-19)23(20-9-6-10-25-16-20)27-13-11-26(2)12-14-27/h3-10,15-16,23,29H,11-14,17H2,1-2H3. The van der Waals surface area contributed by atoms with Crippen LogP contribution in [0.4, 0.5) is 0 Å². The molecule has 3 heterocycles. The molecule has 6 heteroatoms. The number of rotatable bonds is 5. The maximum absolute atomic E-state index is 13.7. The number of piperazine rings is 1. The van der Waals surface area contributed by atoms with E-state index in [-0.39, 0.29) is 17.4 Å². The van der Waals surface area contributed by atoms with Gasteiger partial charge in [0.2, 0.25) is 0 Å². The number of benzene rings is 1. The molecule has 6 nitrogen and oxygen atoms in total. The average Bonchev–Trinajstić information content (AvgIpc) is 2.76. The summed E-state index contributed by atoms with van der Waals surface area (Å²) >= 11 is 0. The smallest absolute Gasteiger partial charge is 0.259 e. The Morgan fingerprint density at radius 1 is 1.07 bits per heavy atom. The van der Waals surface area contributed by atoms with E-state index in [1.165, 1.54) is 0 Å². The Morgan fingerprint density at radius 2 is 1.80 bits per heavy atom. The normalized spacial score (nSPS) is 16.5. The first-order valence-electron chi connectivity index (χ1n) is 10.3. The van der Waals surface area contributed by atoms with Gasteiger partial charge < -0.3 is 14.6 Å². The summed E-state index contributed by atoms with van der Waals surface area (Å²) in [5, 5.41) is 10.9. The number of aromatic hydroxyl groups is 1. The number of pyridine rings is 2. The molecule has 1 unspecified atom stereocenters. The van der Waals surface area contributed by atoms with Crippen molar-refractivity contribution in [1.82, 2.24) is 19.4 Å². The maximum atomic E-state index is 13.7. The first-order valence-corrected chi connectivity index (χ1v) is 10.3. The number of nitrogens with zero attached hydrogens (tertiary/aromatic N) is 4. The van der Waals surface area contributed by atoms with Crippen molar-refractivity contribution in [2.75, 3.05) is 33.2 Å². The summed E-state index contributed by atoms with van der Waals surface area (Å²) in [6, 6.07) is 15.2. The molecule has 0 bridgehead atoms. The Hall–Kier alpha value is -2.96. The zero-order valence-electron chi connectivity index (χ0n) is 17.5. The molecule has 1 atom stereocenters. The largest absolute Gasteiger partial charge is 0.507 e. The van der Waals surface area contributed by atoms with Crippen LogP contribution >= 0.6 is 0 Å². The van der Waals surface area contributed by atoms with Gasteiger partial charge in [-0.15, -0.1) is 0 Å². The van der Waals surface area contributed by atoms with Gasteiger partial charge in [0, 0.05) is 44.3 Å². The van der Waals surface area contributed by atoms with Gasteiger partial charge in [0.15, 0.2) is 0 Å². The molecule has 1 saturated heterocycles. The fraction of sp³-hybridized carbons (Fsp3) is 0.333. The topological polar surface area (TPSA) is 61.6 Å². The Bertz CT molecular complexity index is 1040. The molecule has 1 aliphatic heterocycles. The lowest BCUT2D eigenvalue weighted by Gasteiger charge is -2.38. The molecule has 0 spiro atoms. The van der Waals surface area contributed by atoms with Crippen molar-refractivity contribution in [2.24, 2.45) is 0 Å². The fourth-order valence-corrected chi connectivity index (χ4v) is 4.17. The van der Waals surface area contributed by atoms with Crippen molar-refractivity contribution in [1.29, 1.82) is 0 Å². The van der Waals surface area contributed by atoms with Crippen LogP contribution in [-0.4, -0.2) is 57.7 Å². The zero-order valence-corrected chi connectivity index (χ0v) is 17.5. The van der Waals surface area contributed by atoms with Gasteiger partial charge in [-0.2, -0.15) is 0 Å². The summed E-state index contributed by atoms with van der Waals surface area (Å²) in [6.45, 7) is 5.82. The highest BCUT2D eigenvalue weighted by Crippen LogP contribution is 2.32. The van der Waals surface area contributed by atoms with Crippen LogP contribution in [0.25, 0.3) is 0 Å². The SMILES string of the molecule is Cc1cc(O)c(C(c2cccnc2)N2CCN(C)CC2)c(=O)n1Cc1ccccc1. The van der Waals surface area contributed by atoms with Crippen LogP contribution in [0, 0.1) is 6.92 Å². The van der Waals surface area contributed by atoms with Crippen molar-refractivity contribution in [2.45, 2.75) is 19.5 Å². The second kappa shape index (κ2) is 8.81. The summed E-state index contributed by atoms with van der Waals surface area (Å²) in [5.41, 5.74) is 2.99. The molecule has 0 radical (unpaired) electrons. The van der Waals surface area contributed by atoms with Crippen LogP contribution in [0.3, 0.4) is 0 Å². The minimum atomic E-state index is -0.331. The molecule has 1 aromatic carbocycles. The van der Waals surface area contributed by atoms with Crippen LogP contribution in [0.1, 0.15) is 28.4 Å². The maximum Gasteiger partial charge on any atom is 0.259 e. The Balaban J connectivity index is 1.82. The summed E-state index contributed by atoms with van der Waals surface area (Å²) < 4.78 is 1.75. The number of aromatic nitrogens is 2. The van der Waals surface area contributed by atoms with Gasteiger partial charge in [-0.1, -0.05) is 36.4 Å². The molecule has 0 amide bonds. The first-order chi connectivity index (χ1) is 14.5.